The Morgan fingerprint density at radius 3 is 2.41 bits per heavy atom. The van der Waals surface area contributed by atoms with Gasteiger partial charge in [-0.1, -0.05) is 12.1 Å². The van der Waals surface area contributed by atoms with E-state index >= 15 is 0 Å². The van der Waals surface area contributed by atoms with Crippen LogP contribution >= 0.6 is 0 Å². The van der Waals surface area contributed by atoms with Gasteiger partial charge in [-0.15, -0.1) is 5.56 Å². The molecule has 0 N–H and O–H groups in total. The second kappa shape index (κ2) is 7.79. The van der Waals surface area contributed by atoms with Gasteiger partial charge >= 0.3 is 0 Å². The smallest absolute Gasteiger partial charge is 0.106 e. The van der Waals surface area contributed by atoms with Crippen LogP contribution in [0.4, 0.5) is 0 Å². The van der Waals surface area contributed by atoms with Crippen LogP contribution in [0.3, 0.4) is 0 Å². The molecule has 3 aromatic carbocycles. The first-order chi connectivity index (χ1) is 10.3. The molecule has 0 bridgehead atoms. The Kier molecular flexibility index (Phi) is 5.76. The van der Waals surface area contributed by atoms with Gasteiger partial charge in [0.25, 0.3) is 0 Å². The van der Waals surface area contributed by atoms with E-state index in [0.717, 1.165) is 17.9 Å². The molecule has 0 radical (unpaired) electrons. The van der Waals surface area contributed by atoms with Gasteiger partial charge in [-0.2, -0.15) is 12.1 Å². The Balaban J connectivity index is 0.000000253. The van der Waals surface area contributed by atoms with Crippen molar-refractivity contribution in [1.29, 1.82) is 0 Å². The fourth-order valence-corrected chi connectivity index (χ4v) is 2.28. The van der Waals surface area contributed by atoms with E-state index in [1.165, 1.54) is 11.1 Å². The monoisotopic (exact) mass is 326 g/mol. The van der Waals surface area contributed by atoms with Gasteiger partial charge in [0, 0.05) is 23.6 Å². The fraction of sp³-hybridized carbons (Fsp3) is 0.105. The quantitative estimate of drug-likeness (QED) is 0.406. The van der Waals surface area contributed by atoms with Crippen molar-refractivity contribution in [2.75, 3.05) is 0 Å². The largest absolute Gasteiger partial charge is 0.999 e. The summed E-state index contributed by atoms with van der Waals surface area (Å²) in [5.41, 5.74) is 3.61. The van der Waals surface area contributed by atoms with Crippen molar-refractivity contribution in [2.45, 2.75) is 13.5 Å². The number of fused-ring (bicyclic) bond motifs is 1. The van der Waals surface area contributed by atoms with Gasteiger partial charge in [-0.3, -0.25) is 0 Å². The third-order valence-corrected chi connectivity index (χ3v) is 3.27. The molecule has 1 heterocycles. The van der Waals surface area contributed by atoms with Gasteiger partial charge in [0.1, 0.15) is 5.82 Å². The number of benzene rings is 1. The predicted molar refractivity (Wildman–Crippen MR) is 83.0 cm³/mol. The van der Waals surface area contributed by atoms with E-state index in [9.17, 15) is 0 Å². The van der Waals surface area contributed by atoms with Gasteiger partial charge in [0.2, 0.25) is 0 Å². The van der Waals surface area contributed by atoms with Crippen LogP contribution in [0.15, 0.2) is 54.6 Å². The molecule has 0 unspecified atom stereocenters. The second-order valence-electron chi connectivity index (χ2n) is 4.71. The number of nitrogens with zero attached hydrogens (tertiary/aromatic N) is 2. The van der Waals surface area contributed by atoms with Crippen molar-refractivity contribution >= 4 is 11.0 Å². The van der Waals surface area contributed by atoms with E-state index in [1.54, 1.807) is 6.07 Å². The zero-order chi connectivity index (χ0) is 14.5. The molecule has 2 nitrogen and oxygen atoms in total. The first kappa shape index (κ1) is 16.3. The van der Waals surface area contributed by atoms with E-state index in [0.29, 0.717) is 0 Å². The Morgan fingerprint density at radius 2 is 1.77 bits per heavy atom. The van der Waals surface area contributed by atoms with Crippen molar-refractivity contribution in [2.24, 2.45) is 0 Å². The first-order valence-electron chi connectivity index (χ1n) is 6.80. The number of aryl methyl sites for hydroxylation is 1. The summed E-state index contributed by atoms with van der Waals surface area (Å²) in [5.74, 6) is 1.07. The molecule has 0 saturated heterocycles. The summed E-state index contributed by atoms with van der Waals surface area (Å²) in [7, 11) is 0. The molecule has 3 heteroatoms. The van der Waals surface area contributed by atoms with Crippen LogP contribution in [0, 0.1) is 31.2 Å². The maximum Gasteiger partial charge on any atom is 0.106 e. The van der Waals surface area contributed by atoms with Crippen molar-refractivity contribution in [1.82, 2.24) is 9.55 Å². The van der Waals surface area contributed by atoms with Crippen LogP contribution in [0.25, 0.3) is 11.0 Å². The van der Waals surface area contributed by atoms with Crippen LogP contribution in [0.1, 0.15) is 11.4 Å². The normalized spacial score (nSPS) is 9.86. The molecule has 0 spiro atoms. The molecule has 0 amide bonds. The van der Waals surface area contributed by atoms with E-state index in [1.807, 2.05) is 6.07 Å². The topological polar surface area (TPSA) is 17.8 Å². The average Bonchev–Trinajstić information content (AvgIpc) is 3.24. The van der Waals surface area contributed by atoms with E-state index in [2.05, 4.69) is 83.2 Å². The molecule has 0 aliphatic heterocycles. The van der Waals surface area contributed by atoms with E-state index in [4.69, 9.17) is 0 Å². The number of para-hydroxylation sites is 2. The number of imidazole rings is 1. The van der Waals surface area contributed by atoms with Crippen molar-refractivity contribution < 1.29 is 17.1 Å². The number of aromatic nitrogens is 2. The Bertz CT molecular complexity index is 763. The summed E-state index contributed by atoms with van der Waals surface area (Å²) in [6.07, 6.45) is 0. The SMILES string of the molecule is Cc1nc2ccccc2n1C[c-]1cccc1.[Fe].[c-]1[c-][c-][cH-][c-]1. The first-order valence-corrected chi connectivity index (χ1v) is 6.80. The minimum atomic E-state index is 0. The number of hydrogen-bond donors (Lipinski definition) is 0. The predicted octanol–water partition coefficient (Wildman–Crippen LogP) is 3.72. The number of rotatable bonds is 2. The van der Waals surface area contributed by atoms with E-state index < -0.39 is 0 Å². The molecular weight excluding hydrogens is 312 g/mol. The minimum Gasteiger partial charge on any atom is -0.999 e. The van der Waals surface area contributed by atoms with Crippen LogP contribution in [-0.2, 0) is 23.6 Å². The number of hydrogen-bond acceptors (Lipinski definition) is 1. The van der Waals surface area contributed by atoms with E-state index in [-0.39, 0.29) is 17.1 Å². The minimum absolute atomic E-state index is 0. The molecule has 22 heavy (non-hydrogen) atoms. The van der Waals surface area contributed by atoms with Crippen molar-refractivity contribution in [3.8, 4) is 0 Å². The molecular formula is C19H14FeN2-6. The molecule has 0 fully saturated rings. The fourth-order valence-electron chi connectivity index (χ4n) is 2.28. The van der Waals surface area contributed by atoms with Gasteiger partial charge in [0.15, 0.2) is 0 Å². The van der Waals surface area contributed by atoms with Gasteiger partial charge in [0.05, 0.1) is 11.0 Å². The van der Waals surface area contributed by atoms with Crippen LogP contribution in [0.2, 0.25) is 0 Å². The summed E-state index contributed by atoms with van der Waals surface area (Å²) < 4.78 is 2.25. The zero-order valence-electron chi connectivity index (χ0n) is 12.2. The van der Waals surface area contributed by atoms with Gasteiger partial charge in [-0.25, -0.2) is 17.1 Å². The van der Waals surface area contributed by atoms with Gasteiger partial charge in [-0.05, 0) is 19.1 Å². The molecule has 4 rings (SSSR count). The summed E-state index contributed by atoms with van der Waals surface area (Å²) in [5, 5.41) is 0. The molecule has 0 aliphatic carbocycles. The van der Waals surface area contributed by atoms with Crippen LogP contribution in [0.5, 0.6) is 0 Å². The van der Waals surface area contributed by atoms with Crippen LogP contribution in [-0.4, -0.2) is 9.55 Å². The molecule has 1 aromatic heterocycles. The third kappa shape index (κ3) is 3.76. The maximum absolute atomic E-state index is 4.56. The Hall–Kier alpha value is -2.09. The molecule has 0 aliphatic rings. The summed E-state index contributed by atoms with van der Waals surface area (Å²) in [6.45, 7) is 2.96. The second-order valence-corrected chi connectivity index (χ2v) is 4.71. The molecule has 0 saturated carbocycles. The summed E-state index contributed by atoms with van der Waals surface area (Å²) >= 11 is 0. The maximum atomic E-state index is 4.56. The Labute approximate surface area is 141 Å². The van der Waals surface area contributed by atoms with Crippen molar-refractivity contribution in [3.05, 3.63) is 90.3 Å². The third-order valence-electron chi connectivity index (χ3n) is 3.27. The zero-order valence-corrected chi connectivity index (χ0v) is 13.3. The molecule has 114 valence electrons. The summed E-state index contributed by atoms with van der Waals surface area (Å²) in [6, 6.07) is 28.7. The molecule has 0 atom stereocenters. The standard InChI is InChI=1S/C14H13N2.C5H.Fe/c1-11-15-13-8-4-5-9-14(13)16(11)10-12-6-2-3-7-12;1-2-4-5-3-1;/h2-9H,10H2,1H3;1H;/q-1;-5;. The van der Waals surface area contributed by atoms with Gasteiger partial charge < -0.3 is 34.9 Å². The summed E-state index contributed by atoms with van der Waals surface area (Å²) in [4.78, 5) is 4.56. The average molecular weight is 326 g/mol. The Morgan fingerprint density at radius 1 is 1.09 bits per heavy atom. The molecule has 4 aromatic rings. The van der Waals surface area contributed by atoms with Crippen molar-refractivity contribution in [3.63, 3.8) is 0 Å². The van der Waals surface area contributed by atoms with Crippen LogP contribution < -0.4 is 0 Å².